The number of halogens is 2. The molecule has 1 aliphatic rings. The predicted octanol–water partition coefficient (Wildman–Crippen LogP) is 2.88. The zero-order chi connectivity index (χ0) is 14.9. The van der Waals surface area contributed by atoms with Gasteiger partial charge >= 0.3 is 5.97 Å². The SMILES string of the molecule is COC(=O)[C@H]1CCCCN1S(=O)(=O)c1cc(Cl)c(Br)s1. The molecule has 0 amide bonds. The Kier molecular flexibility index (Phi) is 5.12. The van der Waals surface area contributed by atoms with Crippen LogP contribution in [0.1, 0.15) is 19.3 Å². The Labute approximate surface area is 135 Å². The van der Waals surface area contributed by atoms with Gasteiger partial charge in [0.25, 0.3) is 10.0 Å². The zero-order valence-electron chi connectivity index (χ0n) is 10.6. The number of sulfonamides is 1. The first-order chi connectivity index (χ1) is 9.37. The third-order valence-electron chi connectivity index (χ3n) is 3.11. The summed E-state index contributed by atoms with van der Waals surface area (Å²) in [4.78, 5) is 11.8. The smallest absolute Gasteiger partial charge is 0.324 e. The van der Waals surface area contributed by atoms with Gasteiger partial charge < -0.3 is 4.74 Å². The summed E-state index contributed by atoms with van der Waals surface area (Å²) in [5, 5.41) is 0.347. The highest BCUT2D eigenvalue weighted by Gasteiger charge is 2.39. The molecular weight excluding hydrogens is 390 g/mol. The fourth-order valence-corrected chi connectivity index (χ4v) is 6.31. The second-order valence-corrected chi connectivity index (χ2v) is 9.23. The molecule has 5 nitrogen and oxygen atoms in total. The lowest BCUT2D eigenvalue weighted by atomic mass is 10.1. The topological polar surface area (TPSA) is 63.7 Å². The van der Waals surface area contributed by atoms with E-state index in [9.17, 15) is 13.2 Å². The lowest BCUT2D eigenvalue weighted by Crippen LogP contribution is -2.48. The van der Waals surface area contributed by atoms with Crippen molar-refractivity contribution in [3.63, 3.8) is 0 Å². The third kappa shape index (κ3) is 3.04. The van der Waals surface area contributed by atoms with Crippen molar-refractivity contribution in [2.24, 2.45) is 0 Å². The maximum atomic E-state index is 12.6. The Morgan fingerprint density at radius 3 is 2.80 bits per heavy atom. The number of thiophene rings is 1. The molecule has 112 valence electrons. The van der Waals surface area contributed by atoms with Crippen molar-refractivity contribution >= 4 is 54.9 Å². The summed E-state index contributed by atoms with van der Waals surface area (Å²) in [6.07, 6.45) is 2.01. The summed E-state index contributed by atoms with van der Waals surface area (Å²) in [7, 11) is -2.47. The molecule has 1 saturated heterocycles. The van der Waals surface area contributed by atoms with Crippen molar-refractivity contribution in [1.29, 1.82) is 0 Å². The van der Waals surface area contributed by atoms with E-state index >= 15 is 0 Å². The average Bonchev–Trinajstić information content (AvgIpc) is 2.78. The summed E-state index contributed by atoms with van der Waals surface area (Å²) in [6.45, 7) is 0.315. The third-order valence-corrected chi connectivity index (χ3v) is 7.94. The van der Waals surface area contributed by atoms with Gasteiger partial charge in [0.05, 0.1) is 15.9 Å². The van der Waals surface area contributed by atoms with Gasteiger partial charge in [-0.3, -0.25) is 4.79 Å². The maximum absolute atomic E-state index is 12.6. The van der Waals surface area contributed by atoms with Crippen molar-refractivity contribution < 1.29 is 17.9 Å². The molecule has 1 atom stereocenters. The molecule has 1 aromatic heterocycles. The number of piperidine rings is 1. The van der Waals surface area contributed by atoms with Gasteiger partial charge in [-0.25, -0.2) is 8.42 Å². The second-order valence-electron chi connectivity index (χ2n) is 4.34. The van der Waals surface area contributed by atoms with Crippen LogP contribution in [0.25, 0.3) is 0 Å². The van der Waals surface area contributed by atoms with Crippen LogP contribution in [0, 0.1) is 0 Å². The molecule has 1 aliphatic heterocycles. The molecule has 1 aromatic rings. The maximum Gasteiger partial charge on any atom is 0.324 e. The number of hydrogen-bond donors (Lipinski definition) is 0. The van der Waals surface area contributed by atoms with Crippen LogP contribution in [-0.2, 0) is 19.6 Å². The minimum atomic E-state index is -3.73. The molecule has 0 radical (unpaired) electrons. The second kappa shape index (κ2) is 6.31. The Morgan fingerprint density at radius 2 is 2.25 bits per heavy atom. The highest BCUT2D eigenvalue weighted by Crippen LogP contribution is 2.37. The number of nitrogens with zero attached hydrogens (tertiary/aromatic N) is 1. The van der Waals surface area contributed by atoms with Gasteiger partial charge in [0.15, 0.2) is 0 Å². The summed E-state index contributed by atoms with van der Waals surface area (Å²) in [5.74, 6) is -0.519. The molecule has 9 heteroatoms. The Hall–Kier alpha value is -0.150. The van der Waals surface area contributed by atoms with E-state index in [-0.39, 0.29) is 4.21 Å². The number of carbonyl (C=O) groups is 1. The number of hydrogen-bond acceptors (Lipinski definition) is 5. The number of rotatable bonds is 3. The van der Waals surface area contributed by atoms with E-state index in [2.05, 4.69) is 15.9 Å². The molecule has 0 spiro atoms. The summed E-state index contributed by atoms with van der Waals surface area (Å²) in [5.41, 5.74) is 0. The fraction of sp³-hybridized carbons (Fsp3) is 0.545. The largest absolute Gasteiger partial charge is 0.468 e. The lowest BCUT2D eigenvalue weighted by Gasteiger charge is -2.32. The van der Waals surface area contributed by atoms with E-state index in [1.165, 1.54) is 17.5 Å². The quantitative estimate of drug-likeness (QED) is 0.729. The first kappa shape index (κ1) is 16.2. The van der Waals surface area contributed by atoms with Crippen molar-refractivity contribution in [2.75, 3.05) is 13.7 Å². The monoisotopic (exact) mass is 401 g/mol. The first-order valence-corrected chi connectivity index (χ1v) is 9.35. The molecule has 0 bridgehead atoms. The van der Waals surface area contributed by atoms with Crippen LogP contribution >= 0.6 is 38.9 Å². The molecule has 1 fully saturated rings. The van der Waals surface area contributed by atoms with E-state index in [4.69, 9.17) is 16.3 Å². The van der Waals surface area contributed by atoms with E-state index < -0.39 is 22.0 Å². The minimum Gasteiger partial charge on any atom is -0.468 e. The van der Waals surface area contributed by atoms with Crippen LogP contribution in [0.3, 0.4) is 0 Å². The van der Waals surface area contributed by atoms with Gasteiger partial charge in [-0.05, 0) is 41.3 Å². The molecule has 0 N–H and O–H groups in total. The molecule has 0 aromatic carbocycles. The average molecular weight is 403 g/mol. The Balaban J connectivity index is 2.37. The van der Waals surface area contributed by atoms with Crippen LogP contribution in [0.4, 0.5) is 0 Å². The highest BCUT2D eigenvalue weighted by atomic mass is 79.9. The van der Waals surface area contributed by atoms with Crippen molar-refractivity contribution in [3.05, 3.63) is 14.9 Å². The van der Waals surface area contributed by atoms with Crippen LogP contribution in [0.15, 0.2) is 14.1 Å². The number of ether oxygens (including phenoxy) is 1. The van der Waals surface area contributed by atoms with Crippen molar-refractivity contribution in [3.8, 4) is 0 Å². The predicted molar refractivity (Wildman–Crippen MR) is 80.6 cm³/mol. The standard InChI is InChI=1S/C11H13BrClNO4S2/c1-18-11(15)8-4-2-3-5-14(8)20(16,17)9-6-7(13)10(12)19-9/h6,8H,2-5H2,1H3/t8-/m1/s1. The molecule has 2 heterocycles. The number of methoxy groups -OCH3 is 1. The highest BCUT2D eigenvalue weighted by molar-refractivity contribution is 9.11. The molecule has 2 rings (SSSR count). The lowest BCUT2D eigenvalue weighted by molar-refractivity contribution is -0.146. The first-order valence-electron chi connectivity index (χ1n) is 5.92. The molecule has 20 heavy (non-hydrogen) atoms. The van der Waals surface area contributed by atoms with Crippen LogP contribution in [0.5, 0.6) is 0 Å². The van der Waals surface area contributed by atoms with Gasteiger partial charge in [0, 0.05) is 6.54 Å². The van der Waals surface area contributed by atoms with E-state index in [0.717, 1.165) is 24.2 Å². The number of esters is 1. The Bertz CT molecular complexity index is 596. The van der Waals surface area contributed by atoms with Crippen molar-refractivity contribution in [1.82, 2.24) is 4.31 Å². The minimum absolute atomic E-state index is 0.130. The molecule has 0 saturated carbocycles. The van der Waals surface area contributed by atoms with Gasteiger partial charge in [-0.2, -0.15) is 4.31 Å². The van der Waals surface area contributed by atoms with Gasteiger partial charge in [-0.15, -0.1) is 11.3 Å². The van der Waals surface area contributed by atoms with Crippen molar-refractivity contribution in [2.45, 2.75) is 29.5 Å². The van der Waals surface area contributed by atoms with Gasteiger partial charge in [0.2, 0.25) is 0 Å². The van der Waals surface area contributed by atoms with Gasteiger partial charge in [0.1, 0.15) is 10.3 Å². The summed E-state index contributed by atoms with van der Waals surface area (Å²) < 4.78 is 31.9. The summed E-state index contributed by atoms with van der Waals surface area (Å²) >= 11 is 10.1. The van der Waals surface area contributed by atoms with E-state index in [1.54, 1.807) is 0 Å². The number of carbonyl (C=O) groups excluding carboxylic acids is 1. The summed E-state index contributed by atoms with van der Waals surface area (Å²) in [6, 6.07) is 0.646. The van der Waals surface area contributed by atoms with E-state index in [1.807, 2.05) is 0 Å². The van der Waals surface area contributed by atoms with Gasteiger partial charge in [-0.1, -0.05) is 11.6 Å². The normalized spacial score (nSPS) is 20.9. The Morgan fingerprint density at radius 1 is 1.55 bits per heavy atom. The van der Waals surface area contributed by atoms with E-state index in [0.29, 0.717) is 21.8 Å². The van der Waals surface area contributed by atoms with Crippen LogP contribution in [-0.4, -0.2) is 38.4 Å². The molecular formula is C11H13BrClNO4S2. The fourth-order valence-electron chi connectivity index (χ4n) is 2.13. The van der Waals surface area contributed by atoms with Crippen LogP contribution in [0.2, 0.25) is 5.02 Å². The van der Waals surface area contributed by atoms with Crippen LogP contribution < -0.4 is 0 Å². The zero-order valence-corrected chi connectivity index (χ0v) is 14.6. The molecule has 0 unspecified atom stereocenters. The molecule has 0 aliphatic carbocycles.